The SMILES string of the molecule is O=C(N/N=C\c1ccccc1OCc1cccc(F)c1)c1cc(O)cc(O)c1. The number of nitrogens with zero attached hydrogens (tertiary/aromatic N) is 1. The zero-order chi connectivity index (χ0) is 19.9. The van der Waals surface area contributed by atoms with Crippen LogP contribution in [-0.4, -0.2) is 22.3 Å². The standard InChI is InChI=1S/C21H17FN2O4/c22-17-6-3-4-14(8-17)13-28-20-7-2-1-5-15(20)12-23-24-21(27)16-9-18(25)11-19(26)10-16/h1-12,25-26H,13H2,(H,24,27)/b23-12-. The van der Waals surface area contributed by atoms with E-state index in [9.17, 15) is 19.4 Å². The smallest absolute Gasteiger partial charge is 0.271 e. The van der Waals surface area contributed by atoms with E-state index in [1.54, 1.807) is 36.4 Å². The zero-order valence-electron chi connectivity index (χ0n) is 14.7. The fourth-order valence-corrected chi connectivity index (χ4v) is 2.46. The van der Waals surface area contributed by atoms with E-state index in [1.165, 1.54) is 30.5 Å². The van der Waals surface area contributed by atoms with Crippen LogP contribution < -0.4 is 10.2 Å². The van der Waals surface area contributed by atoms with Crippen LogP contribution >= 0.6 is 0 Å². The number of carbonyl (C=O) groups excluding carboxylic acids is 1. The maximum atomic E-state index is 13.3. The number of hydrogen-bond donors (Lipinski definition) is 3. The quantitative estimate of drug-likeness (QED) is 0.450. The van der Waals surface area contributed by atoms with Gasteiger partial charge in [-0.2, -0.15) is 5.10 Å². The molecule has 0 bridgehead atoms. The maximum absolute atomic E-state index is 13.3. The van der Waals surface area contributed by atoms with Gasteiger partial charge in [-0.25, -0.2) is 9.82 Å². The average molecular weight is 380 g/mol. The monoisotopic (exact) mass is 380 g/mol. The normalized spacial score (nSPS) is 10.8. The number of aromatic hydroxyl groups is 2. The van der Waals surface area contributed by atoms with Gasteiger partial charge in [0.05, 0.1) is 6.21 Å². The molecule has 0 saturated heterocycles. The van der Waals surface area contributed by atoms with E-state index >= 15 is 0 Å². The van der Waals surface area contributed by atoms with E-state index in [-0.39, 0.29) is 29.5 Å². The number of phenols is 2. The van der Waals surface area contributed by atoms with E-state index in [2.05, 4.69) is 10.5 Å². The molecule has 0 radical (unpaired) electrons. The Hall–Kier alpha value is -3.87. The largest absolute Gasteiger partial charge is 0.508 e. The number of benzene rings is 3. The third-order valence-corrected chi connectivity index (χ3v) is 3.74. The minimum Gasteiger partial charge on any atom is -0.508 e. The molecule has 3 N–H and O–H groups in total. The fourth-order valence-electron chi connectivity index (χ4n) is 2.46. The van der Waals surface area contributed by atoms with E-state index < -0.39 is 5.91 Å². The minimum absolute atomic E-state index is 0.0605. The van der Waals surface area contributed by atoms with Gasteiger partial charge in [0.15, 0.2) is 0 Å². The third-order valence-electron chi connectivity index (χ3n) is 3.74. The first-order valence-corrected chi connectivity index (χ1v) is 8.34. The molecule has 7 heteroatoms. The van der Waals surface area contributed by atoms with Gasteiger partial charge in [0.1, 0.15) is 29.7 Å². The molecule has 3 aromatic rings. The van der Waals surface area contributed by atoms with Crippen molar-refractivity contribution in [3.8, 4) is 17.2 Å². The van der Waals surface area contributed by atoms with Crippen LogP contribution in [0.25, 0.3) is 0 Å². The van der Waals surface area contributed by atoms with Crippen molar-refractivity contribution in [2.24, 2.45) is 5.10 Å². The van der Waals surface area contributed by atoms with Gasteiger partial charge in [0, 0.05) is 17.2 Å². The second-order valence-electron chi connectivity index (χ2n) is 5.89. The second kappa shape index (κ2) is 8.68. The van der Waals surface area contributed by atoms with Crippen molar-refractivity contribution in [2.75, 3.05) is 0 Å². The summed E-state index contributed by atoms with van der Waals surface area (Å²) >= 11 is 0. The Morgan fingerprint density at radius 3 is 2.54 bits per heavy atom. The first-order valence-electron chi connectivity index (χ1n) is 8.34. The third kappa shape index (κ3) is 5.07. The Bertz CT molecular complexity index is 1000. The number of amides is 1. The number of rotatable bonds is 6. The van der Waals surface area contributed by atoms with Gasteiger partial charge in [0.25, 0.3) is 5.91 Å². The highest BCUT2D eigenvalue weighted by molar-refractivity contribution is 5.95. The van der Waals surface area contributed by atoms with Gasteiger partial charge in [-0.15, -0.1) is 0 Å². The molecule has 3 rings (SSSR count). The highest BCUT2D eigenvalue weighted by Gasteiger charge is 2.08. The Morgan fingerprint density at radius 2 is 1.79 bits per heavy atom. The average Bonchev–Trinajstić information content (AvgIpc) is 2.66. The van der Waals surface area contributed by atoms with Gasteiger partial charge in [-0.05, 0) is 42.0 Å². The van der Waals surface area contributed by atoms with Gasteiger partial charge in [0.2, 0.25) is 0 Å². The molecule has 6 nitrogen and oxygen atoms in total. The summed E-state index contributed by atoms with van der Waals surface area (Å²) < 4.78 is 19.0. The summed E-state index contributed by atoms with van der Waals surface area (Å²) in [5.74, 6) is -0.882. The van der Waals surface area contributed by atoms with Gasteiger partial charge >= 0.3 is 0 Å². The predicted octanol–water partition coefficient (Wildman–Crippen LogP) is 3.58. The second-order valence-corrected chi connectivity index (χ2v) is 5.89. The summed E-state index contributed by atoms with van der Waals surface area (Å²) in [6.07, 6.45) is 1.40. The predicted molar refractivity (Wildman–Crippen MR) is 102 cm³/mol. The first-order chi connectivity index (χ1) is 13.5. The number of nitrogens with one attached hydrogen (secondary N) is 1. The minimum atomic E-state index is -0.597. The molecule has 0 saturated carbocycles. The lowest BCUT2D eigenvalue weighted by Crippen LogP contribution is -2.17. The summed E-state index contributed by atoms with van der Waals surface area (Å²) in [4.78, 5) is 12.1. The van der Waals surface area contributed by atoms with Crippen LogP contribution in [0.4, 0.5) is 4.39 Å². The summed E-state index contributed by atoms with van der Waals surface area (Å²) in [6, 6.07) is 16.7. The van der Waals surface area contributed by atoms with E-state index in [4.69, 9.17) is 4.74 Å². The van der Waals surface area contributed by atoms with Crippen molar-refractivity contribution >= 4 is 12.1 Å². The lowest BCUT2D eigenvalue weighted by molar-refractivity contribution is 0.0954. The fraction of sp³-hybridized carbons (Fsp3) is 0.0476. The molecule has 3 aromatic carbocycles. The molecule has 28 heavy (non-hydrogen) atoms. The number of carbonyl (C=O) groups is 1. The Balaban J connectivity index is 1.66. The Morgan fingerprint density at radius 1 is 1.04 bits per heavy atom. The number of halogens is 1. The number of hydrogen-bond acceptors (Lipinski definition) is 5. The summed E-state index contributed by atoms with van der Waals surface area (Å²) in [5, 5.41) is 22.7. The van der Waals surface area contributed by atoms with Crippen LogP contribution in [0.5, 0.6) is 17.2 Å². The topological polar surface area (TPSA) is 91.2 Å². The lowest BCUT2D eigenvalue weighted by Gasteiger charge is -2.09. The van der Waals surface area contributed by atoms with Gasteiger partial charge in [-0.1, -0.05) is 24.3 Å². The Kier molecular flexibility index (Phi) is 5.86. The number of ether oxygens (including phenoxy) is 1. The van der Waals surface area contributed by atoms with Crippen molar-refractivity contribution in [2.45, 2.75) is 6.61 Å². The van der Waals surface area contributed by atoms with Crippen molar-refractivity contribution in [1.82, 2.24) is 5.43 Å². The highest BCUT2D eigenvalue weighted by atomic mass is 19.1. The molecule has 0 atom stereocenters. The molecule has 0 spiro atoms. The lowest BCUT2D eigenvalue weighted by atomic mass is 10.2. The van der Waals surface area contributed by atoms with Crippen LogP contribution in [0.2, 0.25) is 0 Å². The molecule has 0 aromatic heterocycles. The van der Waals surface area contributed by atoms with Gasteiger partial charge in [-0.3, -0.25) is 4.79 Å². The molecule has 0 aliphatic heterocycles. The van der Waals surface area contributed by atoms with Crippen molar-refractivity contribution in [3.05, 3.63) is 89.2 Å². The maximum Gasteiger partial charge on any atom is 0.271 e. The molecule has 142 valence electrons. The van der Waals surface area contributed by atoms with Crippen LogP contribution in [0.3, 0.4) is 0 Å². The van der Waals surface area contributed by atoms with Crippen LogP contribution in [0.15, 0.2) is 71.8 Å². The molecule has 1 amide bonds. The summed E-state index contributed by atoms with van der Waals surface area (Å²) in [7, 11) is 0. The molecule has 0 unspecified atom stereocenters. The molecular formula is C21H17FN2O4. The molecule has 0 fully saturated rings. The van der Waals surface area contributed by atoms with E-state index in [1.807, 2.05) is 0 Å². The number of para-hydroxylation sites is 1. The van der Waals surface area contributed by atoms with Gasteiger partial charge < -0.3 is 14.9 Å². The Labute approximate surface area is 160 Å². The summed E-state index contributed by atoms with van der Waals surface area (Å²) in [6.45, 7) is 0.178. The molecule has 0 heterocycles. The summed E-state index contributed by atoms with van der Waals surface area (Å²) in [5.41, 5.74) is 3.67. The van der Waals surface area contributed by atoms with Crippen LogP contribution in [0, 0.1) is 5.82 Å². The molecule has 0 aliphatic rings. The first kappa shape index (κ1) is 18.9. The van der Waals surface area contributed by atoms with Crippen molar-refractivity contribution in [3.63, 3.8) is 0 Å². The molecule has 0 aliphatic carbocycles. The van der Waals surface area contributed by atoms with E-state index in [0.717, 1.165) is 6.07 Å². The zero-order valence-corrected chi connectivity index (χ0v) is 14.7. The van der Waals surface area contributed by atoms with E-state index in [0.29, 0.717) is 16.9 Å². The molecular weight excluding hydrogens is 363 g/mol. The number of phenolic OH excluding ortho intramolecular Hbond substituents is 2. The van der Waals surface area contributed by atoms with Crippen molar-refractivity contribution in [1.29, 1.82) is 0 Å². The highest BCUT2D eigenvalue weighted by Crippen LogP contribution is 2.20. The number of hydrazone groups is 1. The van der Waals surface area contributed by atoms with Crippen molar-refractivity contribution < 1.29 is 24.1 Å². The van der Waals surface area contributed by atoms with Crippen LogP contribution in [0.1, 0.15) is 21.5 Å². The van der Waals surface area contributed by atoms with Crippen LogP contribution in [-0.2, 0) is 6.61 Å².